The first kappa shape index (κ1) is 25.3. The number of aromatic nitrogens is 2. The van der Waals surface area contributed by atoms with Crippen molar-refractivity contribution in [2.24, 2.45) is 16.6 Å². The first-order valence-corrected chi connectivity index (χ1v) is 11.1. The van der Waals surface area contributed by atoms with Gasteiger partial charge in [-0.2, -0.15) is 0 Å². The quantitative estimate of drug-likeness (QED) is 0.274. The van der Waals surface area contributed by atoms with E-state index in [2.05, 4.69) is 43.5 Å². The molecule has 4 N–H and O–H groups in total. The molecule has 31 heavy (non-hydrogen) atoms. The molecule has 1 aliphatic heterocycles. The SMILES string of the molecule is CN=C(NCCc1nc(C)c(C)s1)NCc1cccnc1N1CCCC(C(N)=O)C1.I. The Morgan fingerprint density at radius 1 is 1.39 bits per heavy atom. The molecule has 0 aromatic carbocycles. The predicted molar refractivity (Wildman–Crippen MR) is 137 cm³/mol. The average Bonchev–Trinajstić information content (AvgIpc) is 3.08. The van der Waals surface area contributed by atoms with Gasteiger partial charge < -0.3 is 21.3 Å². The van der Waals surface area contributed by atoms with Gasteiger partial charge in [0.25, 0.3) is 0 Å². The lowest BCUT2D eigenvalue weighted by Crippen LogP contribution is -2.42. The van der Waals surface area contributed by atoms with Gasteiger partial charge in [-0.15, -0.1) is 35.3 Å². The molecule has 1 aliphatic rings. The third-order valence-electron chi connectivity index (χ3n) is 5.36. The number of nitrogens with one attached hydrogen (secondary N) is 2. The zero-order valence-electron chi connectivity index (χ0n) is 18.4. The van der Waals surface area contributed by atoms with Crippen LogP contribution in [0, 0.1) is 19.8 Å². The molecular formula is C21H32IN7OS. The normalized spacial score (nSPS) is 16.5. The number of thiazole rings is 1. The van der Waals surface area contributed by atoms with E-state index in [1.54, 1.807) is 24.6 Å². The summed E-state index contributed by atoms with van der Waals surface area (Å²) in [6.45, 7) is 7.01. The summed E-state index contributed by atoms with van der Waals surface area (Å²) in [5, 5.41) is 7.85. The number of primary amides is 1. The second-order valence-corrected chi connectivity index (χ2v) is 8.81. The lowest BCUT2D eigenvalue weighted by Gasteiger charge is -2.33. The van der Waals surface area contributed by atoms with Crippen LogP contribution in [0.4, 0.5) is 5.82 Å². The first-order chi connectivity index (χ1) is 14.5. The fraction of sp³-hybridized carbons (Fsp3) is 0.524. The number of nitrogens with zero attached hydrogens (tertiary/aromatic N) is 4. The van der Waals surface area contributed by atoms with Crippen LogP contribution in [0.25, 0.3) is 0 Å². The number of guanidine groups is 1. The van der Waals surface area contributed by atoms with Crippen LogP contribution in [0.1, 0.15) is 34.0 Å². The van der Waals surface area contributed by atoms with Crippen LogP contribution in [0.3, 0.4) is 0 Å². The summed E-state index contributed by atoms with van der Waals surface area (Å²) in [7, 11) is 1.76. The Hall–Kier alpha value is -1.95. The Morgan fingerprint density at radius 3 is 2.87 bits per heavy atom. The van der Waals surface area contributed by atoms with Gasteiger partial charge in [-0.3, -0.25) is 9.79 Å². The minimum Gasteiger partial charge on any atom is -0.369 e. The van der Waals surface area contributed by atoms with Gasteiger partial charge in [0, 0.05) is 56.3 Å². The standard InChI is InChI=1S/C21H31N7OS.HI/c1-14-15(2)30-18(27-14)8-10-25-21(23-3)26-12-16-6-4-9-24-20(16)28-11-5-7-17(13-28)19(22)29;/h4,6,9,17H,5,7-8,10-13H2,1-3H3,(H2,22,29)(H2,23,25,26);1H. The molecule has 0 radical (unpaired) electrons. The summed E-state index contributed by atoms with van der Waals surface area (Å²) < 4.78 is 0. The number of carbonyl (C=O) groups is 1. The van der Waals surface area contributed by atoms with Crippen LogP contribution >= 0.6 is 35.3 Å². The molecule has 8 nitrogen and oxygen atoms in total. The maximum Gasteiger partial charge on any atom is 0.222 e. The Kier molecular flexibility index (Phi) is 9.94. The van der Waals surface area contributed by atoms with E-state index in [0.29, 0.717) is 13.1 Å². The zero-order chi connectivity index (χ0) is 21.5. The first-order valence-electron chi connectivity index (χ1n) is 10.3. The minimum atomic E-state index is -0.231. The number of hydrogen-bond donors (Lipinski definition) is 3. The van der Waals surface area contributed by atoms with E-state index in [-0.39, 0.29) is 35.8 Å². The number of anilines is 1. The van der Waals surface area contributed by atoms with E-state index < -0.39 is 0 Å². The number of pyridine rings is 1. The van der Waals surface area contributed by atoms with Crippen LogP contribution in [-0.2, 0) is 17.8 Å². The smallest absolute Gasteiger partial charge is 0.222 e. The molecule has 3 rings (SSSR count). The molecular weight excluding hydrogens is 525 g/mol. The van der Waals surface area contributed by atoms with Gasteiger partial charge in [-0.05, 0) is 32.8 Å². The number of amides is 1. The van der Waals surface area contributed by atoms with Gasteiger partial charge >= 0.3 is 0 Å². The van der Waals surface area contributed by atoms with Gasteiger partial charge in [0.2, 0.25) is 5.91 Å². The predicted octanol–water partition coefficient (Wildman–Crippen LogP) is 2.38. The molecule has 0 bridgehead atoms. The van der Waals surface area contributed by atoms with Crippen LogP contribution < -0.4 is 21.3 Å². The molecule has 1 unspecified atom stereocenters. The highest BCUT2D eigenvalue weighted by molar-refractivity contribution is 14.0. The van der Waals surface area contributed by atoms with Gasteiger partial charge in [-0.25, -0.2) is 9.97 Å². The highest BCUT2D eigenvalue weighted by Crippen LogP contribution is 2.24. The van der Waals surface area contributed by atoms with Crippen molar-refractivity contribution in [3.63, 3.8) is 0 Å². The number of carbonyl (C=O) groups excluding carboxylic acids is 1. The van der Waals surface area contributed by atoms with Crippen molar-refractivity contribution in [1.82, 2.24) is 20.6 Å². The van der Waals surface area contributed by atoms with Crippen molar-refractivity contribution in [2.75, 3.05) is 31.6 Å². The monoisotopic (exact) mass is 557 g/mol. The second kappa shape index (κ2) is 12.2. The Balaban J connectivity index is 0.00000341. The fourth-order valence-corrected chi connectivity index (χ4v) is 4.52. The molecule has 170 valence electrons. The molecule has 10 heteroatoms. The maximum absolute atomic E-state index is 11.6. The zero-order valence-corrected chi connectivity index (χ0v) is 21.5. The van der Waals surface area contributed by atoms with E-state index in [0.717, 1.165) is 60.4 Å². The molecule has 1 atom stereocenters. The third kappa shape index (κ3) is 7.03. The van der Waals surface area contributed by atoms with E-state index in [1.807, 2.05) is 13.0 Å². The van der Waals surface area contributed by atoms with Crippen molar-refractivity contribution >= 4 is 53.0 Å². The van der Waals surface area contributed by atoms with Crippen LogP contribution in [0.15, 0.2) is 23.3 Å². The fourth-order valence-electron chi connectivity index (χ4n) is 3.59. The molecule has 0 spiro atoms. The molecule has 0 saturated carbocycles. The number of nitrogens with two attached hydrogens (primary N) is 1. The number of hydrogen-bond acceptors (Lipinski definition) is 6. The van der Waals surface area contributed by atoms with Gasteiger partial charge in [0.1, 0.15) is 5.82 Å². The number of piperidine rings is 1. The maximum atomic E-state index is 11.6. The highest BCUT2D eigenvalue weighted by Gasteiger charge is 2.25. The Bertz CT molecular complexity index is 882. The number of aryl methyl sites for hydroxylation is 2. The highest BCUT2D eigenvalue weighted by atomic mass is 127. The van der Waals surface area contributed by atoms with Crippen molar-refractivity contribution in [3.05, 3.63) is 39.5 Å². The molecule has 2 aromatic heterocycles. The van der Waals surface area contributed by atoms with E-state index >= 15 is 0 Å². The largest absolute Gasteiger partial charge is 0.369 e. The minimum absolute atomic E-state index is 0. The van der Waals surface area contributed by atoms with Crippen LogP contribution in [0.2, 0.25) is 0 Å². The average molecular weight is 558 g/mol. The number of rotatable bonds is 7. The van der Waals surface area contributed by atoms with Crippen LogP contribution in [0.5, 0.6) is 0 Å². The molecule has 3 heterocycles. The Labute approximate surface area is 205 Å². The summed E-state index contributed by atoms with van der Waals surface area (Å²) in [4.78, 5) is 28.5. The number of halogens is 1. The lowest BCUT2D eigenvalue weighted by atomic mass is 9.97. The van der Waals surface area contributed by atoms with Crippen molar-refractivity contribution in [2.45, 2.75) is 39.7 Å². The molecule has 1 amide bonds. The second-order valence-electron chi connectivity index (χ2n) is 7.53. The molecule has 2 aromatic rings. The molecule has 0 aliphatic carbocycles. The van der Waals surface area contributed by atoms with Crippen molar-refractivity contribution in [3.8, 4) is 0 Å². The third-order valence-corrected chi connectivity index (χ3v) is 6.50. The topological polar surface area (TPSA) is 109 Å². The van der Waals surface area contributed by atoms with Crippen molar-refractivity contribution < 1.29 is 4.79 Å². The van der Waals surface area contributed by atoms with Gasteiger partial charge in [-0.1, -0.05) is 6.07 Å². The Morgan fingerprint density at radius 2 is 2.19 bits per heavy atom. The van der Waals surface area contributed by atoms with E-state index in [4.69, 9.17) is 5.73 Å². The molecule has 1 saturated heterocycles. The molecule has 1 fully saturated rings. The summed E-state index contributed by atoms with van der Waals surface area (Å²) in [6, 6.07) is 3.98. The summed E-state index contributed by atoms with van der Waals surface area (Å²) in [5.41, 5.74) is 7.71. The summed E-state index contributed by atoms with van der Waals surface area (Å²) in [5.74, 6) is 1.29. The van der Waals surface area contributed by atoms with Crippen molar-refractivity contribution in [1.29, 1.82) is 0 Å². The lowest BCUT2D eigenvalue weighted by molar-refractivity contribution is -0.122. The van der Waals surface area contributed by atoms with Crippen LogP contribution in [-0.4, -0.2) is 48.5 Å². The van der Waals surface area contributed by atoms with E-state index in [1.165, 1.54) is 4.88 Å². The van der Waals surface area contributed by atoms with Gasteiger partial charge in [0.15, 0.2) is 5.96 Å². The van der Waals surface area contributed by atoms with Gasteiger partial charge in [0.05, 0.1) is 16.6 Å². The summed E-state index contributed by atoms with van der Waals surface area (Å²) >= 11 is 1.75. The van der Waals surface area contributed by atoms with E-state index in [9.17, 15) is 4.79 Å². The summed E-state index contributed by atoms with van der Waals surface area (Å²) in [6.07, 6.45) is 4.44. The number of aliphatic imine (C=N–C) groups is 1.